The van der Waals surface area contributed by atoms with Gasteiger partial charge in [0.2, 0.25) is 0 Å². The summed E-state index contributed by atoms with van der Waals surface area (Å²) in [6.45, 7) is 4.60. The maximum absolute atomic E-state index is 12.9. The number of aliphatic hydroxyl groups excluding tert-OH is 1. The highest BCUT2D eigenvalue weighted by Gasteiger charge is 2.31. The molecule has 9 heteroatoms. The molecule has 3 atom stereocenters. The number of piperidine rings is 1. The van der Waals surface area contributed by atoms with E-state index >= 15 is 0 Å². The molecule has 0 aliphatic carbocycles. The van der Waals surface area contributed by atoms with Gasteiger partial charge in [0.05, 0.1) is 40.5 Å². The van der Waals surface area contributed by atoms with Gasteiger partial charge in [-0.25, -0.2) is 0 Å². The molecule has 4 rings (SSSR count). The van der Waals surface area contributed by atoms with E-state index in [1.807, 2.05) is 0 Å². The van der Waals surface area contributed by atoms with Crippen LogP contribution >= 0.6 is 27.5 Å². The average molecular weight is 504 g/mol. The van der Waals surface area contributed by atoms with Crippen LogP contribution in [0.4, 0.5) is 0 Å². The Hall–Kier alpha value is -1.06. The number of likely N-dealkylation sites (tertiary alicyclic amines) is 1. The smallest absolute Gasteiger partial charge is 0.255 e. The van der Waals surface area contributed by atoms with E-state index < -0.39 is 6.10 Å². The third kappa shape index (κ3) is 5.05. The number of hydrogen-bond acceptors (Lipinski definition) is 6. The number of aliphatic hydroxyl groups is 1. The number of amides is 1. The fourth-order valence-corrected chi connectivity index (χ4v) is 4.88. The van der Waals surface area contributed by atoms with Crippen molar-refractivity contribution in [3.63, 3.8) is 0 Å². The third-order valence-electron chi connectivity index (χ3n) is 5.97. The van der Waals surface area contributed by atoms with E-state index in [0.717, 1.165) is 45.4 Å². The second kappa shape index (κ2) is 10.0. The quantitative estimate of drug-likeness (QED) is 0.643. The maximum atomic E-state index is 12.9. The van der Waals surface area contributed by atoms with E-state index in [9.17, 15) is 9.90 Å². The molecule has 7 nitrogen and oxygen atoms in total. The Kier molecular flexibility index (Phi) is 7.41. The second-order valence-corrected chi connectivity index (χ2v) is 9.35. The molecule has 2 saturated heterocycles. The first-order chi connectivity index (χ1) is 14.5. The Morgan fingerprint density at radius 3 is 2.77 bits per heavy atom. The third-order valence-corrected chi connectivity index (χ3v) is 7.29. The van der Waals surface area contributed by atoms with Gasteiger partial charge in [0, 0.05) is 38.6 Å². The Morgan fingerprint density at radius 2 is 2.03 bits per heavy atom. The topological polar surface area (TPSA) is 80.3 Å². The molecule has 0 saturated carbocycles. The van der Waals surface area contributed by atoms with Crippen LogP contribution in [0.15, 0.2) is 10.5 Å². The summed E-state index contributed by atoms with van der Waals surface area (Å²) in [4.78, 5) is 15.2. The molecule has 2 N–H and O–H groups in total. The van der Waals surface area contributed by atoms with E-state index in [-0.39, 0.29) is 17.9 Å². The zero-order valence-corrected chi connectivity index (χ0v) is 19.2. The number of halogens is 2. The molecule has 3 aliphatic rings. The number of rotatable bonds is 5. The number of benzene rings is 1. The predicted octanol–water partition coefficient (Wildman–Crippen LogP) is 2.86. The number of carbonyl (C=O) groups excluding carboxylic acids is 1. The Bertz CT molecular complexity index is 774. The van der Waals surface area contributed by atoms with Crippen molar-refractivity contribution in [1.82, 2.24) is 10.2 Å². The molecule has 3 heterocycles. The van der Waals surface area contributed by atoms with Crippen LogP contribution in [0.5, 0.6) is 11.5 Å². The van der Waals surface area contributed by atoms with Gasteiger partial charge >= 0.3 is 0 Å². The first kappa shape index (κ1) is 22.1. The van der Waals surface area contributed by atoms with Crippen molar-refractivity contribution < 1.29 is 24.1 Å². The SMILES string of the molecule is O=C(NC[C@@H]1CCN(CC2CCCO2)CC1O)c1cc(Cl)c(Br)c2c1OCCCO2. The fourth-order valence-electron chi connectivity index (χ4n) is 4.28. The minimum absolute atomic E-state index is 0.0105. The lowest BCUT2D eigenvalue weighted by atomic mass is 9.93. The Morgan fingerprint density at radius 1 is 1.23 bits per heavy atom. The maximum Gasteiger partial charge on any atom is 0.255 e. The second-order valence-electron chi connectivity index (χ2n) is 8.15. The highest BCUT2D eigenvalue weighted by Crippen LogP contribution is 2.44. The number of ether oxygens (including phenoxy) is 3. The van der Waals surface area contributed by atoms with E-state index in [2.05, 4.69) is 26.1 Å². The summed E-state index contributed by atoms with van der Waals surface area (Å²) < 4.78 is 17.8. The van der Waals surface area contributed by atoms with E-state index in [4.69, 9.17) is 25.8 Å². The number of hydrogen-bond donors (Lipinski definition) is 2. The normalized spacial score (nSPS) is 27.0. The van der Waals surface area contributed by atoms with Gasteiger partial charge in [-0.15, -0.1) is 0 Å². The minimum atomic E-state index is -0.481. The summed E-state index contributed by atoms with van der Waals surface area (Å²) in [5.74, 6) is 0.609. The first-order valence-corrected chi connectivity index (χ1v) is 11.8. The van der Waals surface area contributed by atoms with Gasteiger partial charge in [-0.3, -0.25) is 9.69 Å². The van der Waals surface area contributed by atoms with Gasteiger partial charge in [0.15, 0.2) is 11.5 Å². The van der Waals surface area contributed by atoms with Gasteiger partial charge in [0.25, 0.3) is 5.91 Å². The van der Waals surface area contributed by atoms with Gasteiger partial charge in [-0.05, 0) is 47.8 Å². The molecule has 2 fully saturated rings. The van der Waals surface area contributed by atoms with Crippen molar-refractivity contribution in [3.8, 4) is 11.5 Å². The number of fused-ring (bicyclic) bond motifs is 1. The van der Waals surface area contributed by atoms with Crippen molar-refractivity contribution in [2.45, 2.75) is 37.9 Å². The van der Waals surface area contributed by atoms with Crippen LogP contribution < -0.4 is 14.8 Å². The van der Waals surface area contributed by atoms with Crippen LogP contribution in [-0.2, 0) is 4.74 Å². The summed E-state index contributed by atoms with van der Waals surface area (Å²) in [5.41, 5.74) is 0.352. The molecule has 2 unspecified atom stereocenters. The summed E-state index contributed by atoms with van der Waals surface area (Å²) in [6.07, 6.45) is 3.58. The van der Waals surface area contributed by atoms with Crippen molar-refractivity contribution in [2.75, 3.05) is 46.0 Å². The van der Waals surface area contributed by atoms with E-state index in [1.54, 1.807) is 6.07 Å². The summed E-state index contributed by atoms with van der Waals surface area (Å²) in [7, 11) is 0. The molecule has 1 aromatic carbocycles. The lowest BCUT2D eigenvalue weighted by Gasteiger charge is -2.37. The van der Waals surface area contributed by atoms with Gasteiger partial charge in [0.1, 0.15) is 0 Å². The number of nitrogens with zero attached hydrogens (tertiary/aromatic N) is 1. The van der Waals surface area contributed by atoms with Crippen LogP contribution in [0.25, 0.3) is 0 Å². The molecule has 1 amide bonds. The summed E-state index contributed by atoms with van der Waals surface area (Å²) >= 11 is 9.70. The largest absolute Gasteiger partial charge is 0.489 e. The lowest BCUT2D eigenvalue weighted by Crippen LogP contribution is -2.49. The summed E-state index contributed by atoms with van der Waals surface area (Å²) in [5, 5.41) is 13.9. The molecule has 0 aromatic heterocycles. The van der Waals surface area contributed by atoms with E-state index in [1.165, 1.54) is 0 Å². The van der Waals surface area contributed by atoms with Crippen molar-refractivity contribution in [1.29, 1.82) is 0 Å². The molecule has 166 valence electrons. The highest BCUT2D eigenvalue weighted by molar-refractivity contribution is 9.10. The molecule has 30 heavy (non-hydrogen) atoms. The lowest BCUT2D eigenvalue weighted by molar-refractivity contribution is -0.00191. The number of carbonyl (C=O) groups is 1. The van der Waals surface area contributed by atoms with Gasteiger partial charge < -0.3 is 24.6 Å². The zero-order valence-electron chi connectivity index (χ0n) is 16.9. The molecule has 0 spiro atoms. The van der Waals surface area contributed by atoms with Gasteiger partial charge in [-0.1, -0.05) is 11.6 Å². The molecule has 3 aliphatic heterocycles. The predicted molar refractivity (Wildman–Crippen MR) is 117 cm³/mol. The fraction of sp³-hybridized carbons (Fsp3) is 0.667. The minimum Gasteiger partial charge on any atom is -0.489 e. The van der Waals surface area contributed by atoms with Gasteiger partial charge in [-0.2, -0.15) is 0 Å². The monoisotopic (exact) mass is 502 g/mol. The average Bonchev–Trinajstić information content (AvgIpc) is 3.11. The van der Waals surface area contributed by atoms with Crippen LogP contribution in [0, 0.1) is 5.92 Å². The Labute approximate surface area is 190 Å². The van der Waals surface area contributed by atoms with Crippen molar-refractivity contribution >= 4 is 33.4 Å². The first-order valence-electron chi connectivity index (χ1n) is 10.6. The molecular weight excluding hydrogens is 476 g/mol. The van der Waals surface area contributed by atoms with Crippen molar-refractivity contribution in [3.05, 3.63) is 21.1 Å². The van der Waals surface area contributed by atoms with Crippen molar-refractivity contribution in [2.24, 2.45) is 5.92 Å². The standard InChI is InChI=1S/C21H28BrClN2O5/c22-18-16(23)9-15(19-20(18)30-8-2-7-29-19)21(27)24-10-13-4-5-25(12-17(13)26)11-14-3-1-6-28-14/h9,13-14,17,26H,1-8,10-12H2,(H,24,27)/t13-,14?,17?/m0/s1. The van der Waals surface area contributed by atoms with Crippen LogP contribution in [0.1, 0.15) is 36.0 Å². The molecule has 0 bridgehead atoms. The van der Waals surface area contributed by atoms with Crippen LogP contribution in [0.2, 0.25) is 5.02 Å². The molecular formula is C21H28BrClN2O5. The highest BCUT2D eigenvalue weighted by atomic mass is 79.9. The molecule has 1 aromatic rings. The Balaban J connectivity index is 1.35. The van der Waals surface area contributed by atoms with Crippen LogP contribution in [-0.4, -0.2) is 74.1 Å². The van der Waals surface area contributed by atoms with E-state index in [0.29, 0.717) is 52.9 Å². The summed E-state index contributed by atoms with van der Waals surface area (Å²) in [6, 6.07) is 1.59. The zero-order chi connectivity index (χ0) is 21.1. The van der Waals surface area contributed by atoms with Crippen LogP contribution in [0.3, 0.4) is 0 Å². The molecule has 0 radical (unpaired) electrons. The number of nitrogens with one attached hydrogen (secondary N) is 1. The number of β-amino-alcohol motifs (C(OH)–C–C–N with tert-alkyl or cyclic N) is 1.